The van der Waals surface area contributed by atoms with E-state index in [0.717, 1.165) is 5.75 Å². The molecule has 0 heterocycles. The van der Waals surface area contributed by atoms with Crippen molar-refractivity contribution in [2.24, 2.45) is 0 Å². The lowest BCUT2D eigenvalue weighted by atomic mass is 10.2. The molecule has 0 fully saturated rings. The van der Waals surface area contributed by atoms with Crippen LogP contribution in [0.15, 0.2) is 78.9 Å². The van der Waals surface area contributed by atoms with Gasteiger partial charge in [-0.05, 0) is 42.5 Å². The molecule has 0 aliphatic carbocycles. The molecule has 0 aliphatic heterocycles. The molecular weight excluding hydrogens is 350 g/mol. The zero-order chi connectivity index (χ0) is 18.2. The van der Waals surface area contributed by atoms with Crippen LogP contribution in [-0.4, -0.2) is 19.1 Å². The molecular formula is C21H18ClNO3. The van der Waals surface area contributed by atoms with Crippen LogP contribution in [0.2, 0.25) is 5.02 Å². The van der Waals surface area contributed by atoms with Gasteiger partial charge in [-0.2, -0.15) is 0 Å². The third-order valence-electron chi connectivity index (χ3n) is 3.58. The minimum absolute atomic E-state index is 0.246. The first kappa shape index (κ1) is 17.8. The minimum atomic E-state index is -0.246. The van der Waals surface area contributed by atoms with Gasteiger partial charge in [-0.15, -0.1) is 0 Å². The second-order valence-electron chi connectivity index (χ2n) is 5.47. The fourth-order valence-corrected chi connectivity index (χ4v) is 2.50. The van der Waals surface area contributed by atoms with Gasteiger partial charge in [-0.3, -0.25) is 4.79 Å². The Morgan fingerprint density at radius 1 is 0.808 bits per heavy atom. The van der Waals surface area contributed by atoms with Crippen LogP contribution in [0.4, 0.5) is 5.69 Å². The first-order valence-electron chi connectivity index (χ1n) is 8.19. The number of ether oxygens (including phenoxy) is 2. The van der Waals surface area contributed by atoms with Crippen LogP contribution < -0.4 is 14.8 Å². The maximum atomic E-state index is 12.4. The zero-order valence-corrected chi connectivity index (χ0v) is 14.8. The first-order valence-corrected chi connectivity index (χ1v) is 8.57. The second kappa shape index (κ2) is 8.92. The molecule has 0 radical (unpaired) electrons. The molecule has 0 atom stereocenters. The van der Waals surface area contributed by atoms with Crippen LogP contribution in [0, 0.1) is 0 Å². The fraction of sp³-hybridized carbons (Fsp3) is 0.0952. The minimum Gasteiger partial charge on any atom is -0.490 e. The predicted molar refractivity (Wildman–Crippen MR) is 103 cm³/mol. The Kier molecular flexibility index (Phi) is 6.12. The molecule has 0 saturated carbocycles. The van der Waals surface area contributed by atoms with Crippen molar-refractivity contribution >= 4 is 23.2 Å². The van der Waals surface area contributed by atoms with Gasteiger partial charge in [0.25, 0.3) is 5.91 Å². The normalized spacial score (nSPS) is 10.2. The Labute approximate surface area is 157 Å². The van der Waals surface area contributed by atoms with Gasteiger partial charge >= 0.3 is 0 Å². The van der Waals surface area contributed by atoms with Gasteiger partial charge in [0, 0.05) is 5.56 Å². The maximum absolute atomic E-state index is 12.4. The molecule has 4 nitrogen and oxygen atoms in total. The molecule has 1 amide bonds. The number of hydrogen-bond acceptors (Lipinski definition) is 3. The van der Waals surface area contributed by atoms with E-state index in [0.29, 0.717) is 35.2 Å². The number of rotatable bonds is 7. The Morgan fingerprint density at radius 2 is 1.46 bits per heavy atom. The monoisotopic (exact) mass is 367 g/mol. The van der Waals surface area contributed by atoms with Crippen molar-refractivity contribution in [3.8, 4) is 11.5 Å². The van der Waals surface area contributed by atoms with E-state index in [1.54, 1.807) is 36.4 Å². The third kappa shape index (κ3) is 5.01. The molecule has 0 spiro atoms. The molecule has 0 bridgehead atoms. The molecule has 0 aliphatic rings. The van der Waals surface area contributed by atoms with Crippen molar-refractivity contribution in [3.63, 3.8) is 0 Å². The molecule has 0 aromatic heterocycles. The van der Waals surface area contributed by atoms with Gasteiger partial charge < -0.3 is 14.8 Å². The van der Waals surface area contributed by atoms with Gasteiger partial charge in [0.1, 0.15) is 24.7 Å². The number of para-hydroxylation sites is 2. The summed E-state index contributed by atoms with van der Waals surface area (Å²) in [6.07, 6.45) is 0. The van der Waals surface area contributed by atoms with Crippen LogP contribution in [-0.2, 0) is 0 Å². The Hall–Kier alpha value is -2.98. The molecule has 0 saturated heterocycles. The number of carbonyl (C=O) groups excluding carboxylic acids is 1. The Morgan fingerprint density at radius 3 is 2.23 bits per heavy atom. The Balaban J connectivity index is 1.54. The van der Waals surface area contributed by atoms with E-state index in [9.17, 15) is 4.79 Å². The largest absolute Gasteiger partial charge is 0.490 e. The van der Waals surface area contributed by atoms with Crippen molar-refractivity contribution in [2.45, 2.75) is 0 Å². The summed E-state index contributed by atoms with van der Waals surface area (Å²) in [6.45, 7) is 0.796. The predicted octanol–water partition coefficient (Wildman–Crippen LogP) is 5.05. The number of amides is 1. The fourth-order valence-electron chi connectivity index (χ4n) is 2.32. The highest BCUT2D eigenvalue weighted by Gasteiger charge is 2.09. The van der Waals surface area contributed by atoms with E-state index in [4.69, 9.17) is 21.1 Å². The SMILES string of the molecule is O=C(Nc1ccccc1Cl)c1cccc(OCCOc2ccccc2)c1. The number of carbonyl (C=O) groups is 1. The summed E-state index contributed by atoms with van der Waals surface area (Å²) in [4.78, 5) is 12.4. The maximum Gasteiger partial charge on any atom is 0.255 e. The van der Waals surface area contributed by atoms with Crippen molar-refractivity contribution in [1.29, 1.82) is 0 Å². The number of anilines is 1. The van der Waals surface area contributed by atoms with Crippen molar-refractivity contribution < 1.29 is 14.3 Å². The molecule has 0 unspecified atom stereocenters. The average Bonchev–Trinajstić information content (AvgIpc) is 2.68. The van der Waals surface area contributed by atoms with Gasteiger partial charge in [-0.1, -0.05) is 48.0 Å². The van der Waals surface area contributed by atoms with Gasteiger partial charge in [0.05, 0.1) is 10.7 Å². The van der Waals surface area contributed by atoms with E-state index in [1.165, 1.54) is 0 Å². The highest BCUT2D eigenvalue weighted by Crippen LogP contribution is 2.22. The van der Waals surface area contributed by atoms with Crippen LogP contribution in [0.25, 0.3) is 0 Å². The lowest BCUT2D eigenvalue weighted by molar-refractivity contribution is 0.102. The molecule has 1 N–H and O–H groups in total. The second-order valence-corrected chi connectivity index (χ2v) is 5.88. The number of halogens is 1. The van der Waals surface area contributed by atoms with E-state index in [1.807, 2.05) is 42.5 Å². The van der Waals surface area contributed by atoms with Crippen LogP contribution in [0.5, 0.6) is 11.5 Å². The molecule has 3 rings (SSSR count). The van der Waals surface area contributed by atoms with Crippen molar-refractivity contribution in [3.05, 3.63) is 89.4 Å². The summed E-state index contributed by atoms with van der Waals surface area (Å²) < 4.78 is 11.2. The summed E-state index contributed by atoms with van der Waals surface area (Å²) in [6, 6.07) is 23.6. The number of nitrogens with one attached hydrogen (secondary N) is 1. The topological polar surface area (TPSA) is 47.6 Å². The van der Waals surface area contributed by atoms with Gasteiger partial charge in [0.2, 0.25) is 0 Å². The number of hydrogen-bond donors (Lipinski definition) is 1. The molecule has 26 heavy (non-hydrogen) atoms. The van der Waals surface area contributed by atoms with E-state index in [2.05, 4.69) is 5.32 Å². The standard InChI is InChI=1S/C21H18ClNO3/c22-19-11-4-5-12-20(19)23-21(24)16-7-6-10-18(15-16)26-14-13-25-17-8-2-1-3-9-17/h1-12,15H,13-14H2,(H,23,24). The van der Waals surface area contributed by atoms with Crippen LogP contribution in [0.1, 0.15) is 10.4 Å². The van der Waals surface area contributed by atoms with Gasteiger partial charge in [0.15, 0.2) is 0 Å². The lowest BCUT2D eigenvalue weighted by Gasteiger charge is -2.10. The average molecular weight is 368 g/mol. The molecule has 132 valence electrons. The van der Waals surface area contributed by atoms with Crippen molar-refractivity contribution in [2.75, 3.05) is 18.5 Å². The van der Waals surface area contributed by atoms with Crippen LogP contribution >= 0.6 is 11.6 Å². The molecule has 5 heteroatoms. The Bertz CT molecular complexity index is 868. The molecule has 3 aromatic rings. The summed E-state index contributed by atoms with van der Waals surface area (Å²) in [7, 11) is 0. The molecule has 3 aromatic carbocycles. The summed E-state index contributed by atoms with van der Waals surface area (Å²) in [5.41, 5.74) is 1.06. The summed E-state index contributed by atoms with van der Waals surface area (Å²) >= 11 is 6.07. The van der Waals surface area contributed by atoms with Crippen molar-refractivity contribution in [1.82, 2.24) is 0 Å². The lowest BCUT2D eigenvalue weighted by Crippen LogP contribution is -2.13. The third-order valence-corrected chi connectivity index (χ3v) is 3.91. The van der Waals surface area contributed by atoms with E-state index in [-0.39, 0.29) is 5.91 Å². The quantitative estimate of drug-likeness (QED) is 0.594. The highest BCUT2D eigenvalue weighted by atomic mass is 35.5. The van der Waals surface area contributed by atoms with Crippen LogP contribution in [0.3, 0.4) is 0 Å². The highest BCUT2D eigenvalue weighted by molar-refractivity contribution is 6.33. The number of benzene rings is 3. The van der Waals surface area contributed by atoms with E-state index >= 15 is 0 Å². The summed E-state index contributed by atoms with van der Waals surface area (Å²) in [5.74, 6) is 1.15. The summed E-state index contributed by atoms with van der Waals surface area (Å²) in [5, 5.41) is 3.28. The van der Waals surface area contributed by atoms with Gasteiger partial charge in [-0.25, -0.2) is 0 Å². The first-order chi connectivity index (χ1) is 12.7. The smallest absolute Gasteiger partial charge is 0.255 e. The van der Waals surface area contributed by atoms with E-state index < -0.39 is 0 Å². The zero-order valence-electron chi connectivity index (χ0n) is 14.0.